The molecule has 0 radical (unpaired) electrons. The van der Waals surface area contributed by atoms with E-state index in [1.807, 2.05) is 29.8 Å². The molecule has 0 fully saturated rings. The van der Waals surface area contributed by atoms with Crippen LogP contribution >= 0.6 is 0 Å². The first-order valence-corrected chi connectivity index (χ1v) is 6.63. The molecule has 2 amide bonds. The Labute approximate surface area is 118 Å². The predicted octanol–water partition coefficient (Wildman–Crippen LogP) is 1.21. The van der Waals surface area contributed by atoms with Gasteiger partial charge in [0.2, 0.25) is 0 Å². The number of carbonyl (C=O) groups excluding carboxylic acids is 1. The van der Waals surface area contributed by atoms with Crippen molar-refractivity contribution in [3.63, 3.8) is 0 Å². The lowest BCUT2D eigenvalue weighted by Gasteiger charge is -2.15. The summed E-state index contributed by atoms with van der Waals surface area (Å²) >= 11 is 0. The molecule has 106 valence electrons. The number of carbonyl (C=O) groups is 1. The quantitative estimate of drug-likeness (QED) is 0.831. The van der Waals surface area contributed by atoms with Gasteiger partial charge in [0.15, 0.2) is 0 Å². The van der Waals surface area contributed by atoms with E-state index in [1.165, 1.54) is 0 Å². The predicted molar refractivity (Wildman–Crippen MR) is 76.2 cm³/mol. The Kier molecular flexibility index (Phi) is 5.11. The van der Waals surface area contributed by atoms with Crippen molar-refractivity contribution in [3.8, 4) is 0 Å². The van der Waals surface area contributed by atoms with Gasteiger partial charge in [-0.1, -0.05) is 6.07 Å². The molecule has 0 aliphatic rings. The number of urea groups is 1. The minimum absolute atomic E-state index is 0.0441. The molecule has 0 saturated heterocycles. The smallest absolute Gasteiger partial charge is 0.315 e. The highest BCUT2D eigenvalue weighted by atomic mass is 16.2. The van der Waals surface area contributed by atoms with Crippen LogP contribution in [0.1, 0.15) is 12.5 Å². The molecule has 0 saturated carbocycles. The van der Waals surface area contributed by atoms with Gasteiger partial charge in [-0.25, -0.2) is 9.78 Å². The van der Waals surface area contributed by atoms with E-state index in [2.05, 4.69) is 20.6 Å². The van der Waals surface area contributed by atoms with Gasteiger partial charge in [-0.2, -0.15) is 0 Å². The zero-order valence-electron chi connectivity index (χ0n) is 11.5. The van der Waals surface area contributed by atoms with Gasteiger partial charge in [0.25, 0.3) is 0 Å². The largest absolute Gasteiger partial charge is 0.338 e. The molecule has 2 heterocycles. The highest BCUT2D eigenvalue weighted by Gasteiger charge is 2.06. The van der Waals surface area contributed by atoms with E-state index >= 15 is 0 Å². The number of nitrogens with one attached hydrogen (secondary N) is 2. The number of aromatic nitrogens is 3. The molecule has 0 spiro atoms. The SMILES string of the molecule is C[C@@H](Cn1ccnc1)NC(=O)NCCc1cccnc1. The minimum Gasteiger partial charge on any atom is -0.338 e. The summed E-state index contributed by atoms with van der Waals surface area (Å²) in [7, 11) is 0. The van der Waals surface area contributed by atoms with Crippen molar-refractivity contribution in [1.29, 1.82) is 0 Å². The van der Waals surface area contributed by atoms with Crippen molar-refractivity contribution in [2.45, 2.75) is 25.9 Å². The molecule has 2 rings (SSSR count). The van der Waals surface area contributed by atoms with Crippen LogP contribution in [-0.4, -0.2) is 33.2 Å². The fraction of sp³-hybridized carbons (Fsp3) is 0.357. The second kappa shape index (κ2) is 7.28. The second-order valence-electron chi connectivity index (χ2n) is 4.67. The van der Waals surface area contributed by atoms with Gasteiger partial charge >= 0.3 is 6.03 Å². The lowest BCUT2D eigenvalue weighted by atomic mass is 10.2. The first-order valence-electron chi connectivity index (χ1n) is 6.63. The highest BCUT2D eigenvalue weighted by Crippen LogP contribution is 1.95. The average Bonchev–Trinajstić information content (AvgIpc) is 2.92. The molecule has 0 bridgehead atoms. The molecular weight excluding hydrogens is 254 g/mol. The molecule has 6 heteroatoms. The van der Waals surface area contributed by atoms with Crippen LogP contribution in [0.2, 0.25) is 0 Å². The maximum atomic E-state index is 11.7. The Morgan fingerprint density at radius 3 is 3.00 bits per heavy atom. The van der Waals surface area contributed by atoms with E-state index in [4.69, 9.17) is 0 Å². The summed E-state index contributed by atoms with van der Waals surface area (Å²) in [5.41, 5.74) is 1.11. The molecule has 0 aromatic carbocycles. The van der Waals surface area contributed by atoms with Gasteiger partial charge in [0.05, 0.1) is 6.33 Å². The Balaban J connectivity index is 1.65. The molecule has 6 nitrogen and oxygen atoms in total. The Bertz CT molecular complexity index is 512. The van der Waals surface area contributed by atoms with Crippen molar-refractivity contribution in [3.05, 3.63) is 48.8 Å². The maximum absolute atomic E-state index is 11.7. The number of pyridine rings is 1. The van der Waals surface area contributed by atoms with Crippen LogP contribution in [-0.2, 0) is 13.0 Å². The van der Waals surface area contributed by atoms with Gasteiger partial charge in [-0.15, -0.1) is 0 Å². The Hall–Kier alpha value is -2.37. The summed E-state index contributed by atoms with van der Waals surface area (Å²) in [6, 6.07) is 3.78. The lowest BCUT2D eigenvalue weighted by molar-refractivity contribution is 0.236. The molecule has 2 N–H and O–H groups in total. The number of hydrogen-bond acceptors (Lipinski definition) is 3. The first-order chi connectivity index (χ1) is 9.74. The lowest BCUT2D eigenvalue weighted by Crippen LogP contribution is -2.43. The Morgan fingerprint density at radius 2 is 2.30 bits per heavy atom. The third-order valence-electron chi connectivity index (χ3n) is 2.84. The van der Waals surface area contributed by atoms with Gasteiger partial charge in [-0.05, 0) is 25.0 Å². The fourth-order valence-electron chi connectivity index (χ4n) is 1.90. The number of hydrogen-bond donors (Lipinski definition) is 2. The highest BCUT2D eigenvalue weighted by molar-refractivity contribution is 5.74. The number of rotatable bonds is 6. The van der Waals surface area contributed by atoms with Crippen LogP contribution in [0.4, 0.5) is 4.79 Å². The molecule has 0 unspecified atom stereocenters. The zero-order chi connectivity index (χ0) is 14.2. The fourth-order valence-corrected chi connectivity index (χ4v) is 1.90. The summed E-state index contributed by atoms with van der Waals surface area (Å²) in [6.07, 6.45) is 9.65. The van der Waals surface area contributed by atoms with Gasteiger partial charge < -0.3 is 15.2 Å². The van der Waals surface area contributed by atoms with Crippen molar-refractivity contribution < 1.29 is 4.79 Å². The van der Waals surface area contributed by atoms with E-state index in [0.29, 0.717) is 13.1 Å². The summed E-state index contributed by atoms with van der Waals surface area (Å²) in [6.45, 7) is 3.26. The van der Waals surface area contributed by atoms with E-state index in [9.17, 15) is 4.79 Å². The van der Waals surface area contributed by atoms with Crippen molar-refractivity contribution in [2.75, 3.05) is 6.54 Å². The van der Waals surface area contributed by atoms with Crippen LogP contribution in [0, 0.1) is 0 Å². The number of amides is 2. The second-order valence-corrected chi connectivity index (χ2v) is 4.67. The molecule has 2 aromatic rings. The summed E-state index contributed by atoms with van der Waals surface area (Å²) in [5.74, 6) is 0. The van der Waals surface area contributed by atoms with Crippen LogP contribution in [0.5, 0.6) is 0 Å². The normalized spacial score (nSPS) is 11.8. The number of imidazole rings is 1. The number of nitrogens with zero attached hydrogens (tertiary/aromatic N) is 3. The third kappa shape index (κ3) is 4.72. The van der Waals surface area contributed by atoms with E-state index in [0.717, 1.165) is 12.0 Å². The molecule has 2 aromatic heterocycles. The standard InChI is InChI=1S/C14H19N5O/c1-12(10-19-8-7-16-11-19)18-14(20)17-6-4-13-3-2-5-15-9-13/h2-3,5,7-9,11-12H,4,6,10H2,1H3,(H2,17,18,20)/t12-/m0/s1. The first kappa shape index (κ1) is 14.0. The van der Waals surface area contributed by atoms with Crippen molar-refractivity contribution in [2.24, 2.45) is 0 Å². The summed E-state index contributed by atoms with van der Waals surface area (Å²) in [5, 5.41) is 5.73. The molecule has 1 atom stereocenters. The van der Waals surface area contributed by atoms with Gasteiger partial charge in [0.1, 0.15) is 0 Å². The van der Waals surface area contributed by atoms with Crippen LogP contribution in [0.15, 0.2) is 43.2 Å². The topological polar surface area (TPSA) is 71.8 Å². The summed E-state index contributed by atoms with van der Waals surface area (Å²) in [4.78, 5) is 19.7. The van der Waals surface area contributed by atoms with E-state index in [-0.39, 0.29) is 12.1 Å². The molecular formula is C14H19N5O. The van der Waals surface area contributed by atoms with E-state index in [1.54, 1.807) is 24.9 Å². The van der Waals surface area contributed by atoms with Crippen molar-refractivity contribution in [1.82, 2.24) is 25.2 Å². The van der Waals surface area contributed by atoms with E-state index < -0.39 is 0 Å². The maximum Gasteiger partial charge on any atom is 0.315 e. The molecule has 20 heavy (non-hydrogen) atoms. The van der Waals surface area contributed by atoms with Gasteiger partial charge in [-0.3, -0.25) is 4.98 Å². The monoisotopic (exact) mass is 273 g/mol. The van der Waals surface area contributed by atoms with Crippen LogP contribution in [0.25, 0.3) is 0 Å². The van der Waals surface area contributed by atoms with Gasteiger partial charge in [0, 0.05) is 43.9 Å². The Morgan fingerprint density at radius 1 is 1.40 bits per heavy atom. The summed E-state index contributed by atoms with van der Waals surface area (Å²) < 4.78 is 1.93. The molecule has 0 aliphatic carbocycles. The zero-order valence-corrected chi connectivity index (χ0v) is 11.5. The third-order valence-corrected chi connectivity index (χ3v) is 2.84. The molecule has 0 aliphatic heterocycles. The van der Waals surface area contributed by atoms with Crippen LogP contribution in [0.3, 0.4) is 0 Å². The average molecular weight is 273 g/mol. The van der Waals surface area contributed by atoms with Crippen molar-refractivity contribution >= 4 is 6.03 Å². The van der Waals surface area contributed by atoms with Crippen LogP contribution < -0.4 is 10.6 Å². The minimum atomic E-state index is -0.151.